The van der Waals surface area contributed by atoms with Gasteiger partial charge in [0.1, 0.15) is 17.1 Å². The summed E-state index contributed by atoms with van der Waals surface area (Å²) < 4.78 is 5.74. The molecule has 4 aromatic rings. The molecule has 0 aliphatic rings. The maximum Gasteiger partial charge on any atom is 0.209 e. The molecular weight excluding hydrogens is 364 g/mol. The number of H-pyrrole nitrogens is 1. The Morgan fingerprint density at radius 3 is 2.63 bits per heavy atom. The molecule has 3 aromatic heterocycles. The van der Waals surface area contributed by atoms with Crippen LogP contribution in [0.3, 0.4) is 0 Å². The van der Waals surface area contributed by atoms with E-state index in [0.717, 1.165) is 11.3 Å². The minimum atomic E-state index is -0.236. The molecule has 0 saturated heterocycles. The second-order valence-corrected chi connectivity index (χ2v) is 6.51. The number of halogens is 1. The summed E-state index contributed by atoms with van der Waals surface area (Å²) >= 11 is 6.28. The van der Waals surface area contributed by atoms with Gasteiger partial charge in [-0.3, -0.25) is 4.79 Å². The highest BCUT2D eigenvalue weighted by Gasteiger charge is 2.19. The molecule has 3 heterocycles. The lowest BCUT2D eigenvalue weighted by Crippen LogP contribution is -2.06. The van der Waals surface area contributed by atoms with Gasteiger partial charge < -0.3 is 9.40 Å². The van der Waals surface area contributed by atoms with Gasteiger partial charge in [-0.1, -0.05) is 17.7 Å². The monoisotopic (exact) mass is 376 g/mol. The van der Waals surface area contributed by atoms with Gasteiger partial charge in [0.05, 0.1) is 6.57 Å². The lowest BCUT2D eigenvalue weighted by Gasteiger charge is -2.10. The Morgan fingerprint density at radius 2 is 1.96 bits per heavy atom. The van der Waals surface area contributed by atoms with Crippen molar-refractivity contribution >= 4 is 28.5 Å². The Bertz CT molecular complexity index is 1270. The maximum absolute atomic E-state index is 12.2. The number of aromatic amines is 1. The number of nitrogens with one attached hydrogen (secondary N) is 1. The van der Waals surface area contributed by atoms with Gasteiger partial charge >= 0.3 is 0 Å². The zero-order valence-electron chi connectivity index (χ0n) is 14.5. The first-order valence-corrected chi connectivity index (χ1v) is 8.50. The van der Waals surface area contributed by atoms with E-state index in [2.05, 4.69) is 19.8 Å². The largest absolute Gasteiger partial charge is 0.460 e. The molecular formula is C20H13ClN4O2. The van der Waals surface area contributed by atoms with Gasteiger partial charge in [0.15, 0.2) is 16.9 Å². The minimum Gasteiger partial charge on any atom is -0.460 e. The number of benzene rings is 1. The van der Waals surface area contributed by atoms with Crippen LogP contribution >= 0.6 is 11.6 Å². The Balaban J connectivity index is 2.08. The summed E-state index contributed by atoms with van der Waals surface area (Å²) in [4.78, 5) is 27.8. The highest BCUT2D eigenvalue weighted by molar-refractivity contribution is 6.33. The first kappa shape index (κ1) is 17.0. The molecule has 4 rings (SSSR count). The van der Waals surface area contributed by atoms with Crippen molar-refractivity contribution in [2.24, 2.45) is 0 Å². The third-order valence-corrected chi connectivity index (χ3v) is 4.49. The van der Waals surface area contributed by atoms with E-state index >= 15 is 0 Å². The first-order valence-electron chi connectivity index (χ1n) is 8.12. The molecule has 7 heteroatoms. The number of aromatic nitrogens is 3. The van der Waals surface area contributed by atoms with E-state index in [1.165, 1.54) is 12.3 Å². The molecule has 0 aliphatic carbocycles. The summed E-state index contributed by atoms with van der Waals surface area (Å²) in [6.07, 6.45) is 1.53. The number of hydrogen-bond donors (Lipinski definition) is 1. The molecule has 0 fully saturated rings. The SMILES string of the molecule is [C-]#[N+]c1c(C)cc(-c2nc3c(=O)cc[nH]c3nc2-c2ccc(C)o2)cc1Cl. The molecule has 0 bridgehead atoms. The van der Waals surface area contributed by atoms with E-state index in [4.69, 9.17) is 22.6 Å². The summed E-state index contributed by atoms with van der Waals surface area (Å²) in [5, 5.41) is 0.324. The number of nitrogens with zero attached hydrogens (tertiary/aromatic N) is 3. The van der Waals surface area contributed by atoms with Gasteiger partial charge in [-0.05, 0) is 37.6 Å². The van der Waals surface area contributed by atoms with Crippen LogP contribution in [-0.2, 0) is 0 Å². The fourth-order valence-electron chi connectivity index (χ4n) is 2.93. The third-order valence-electron chi connectivity index (χ3n) is 4.20. The molecule has 132 valence electrons. The number of rotatable bonds is 2. The summed E-state index contributed by atoms with van der Waals surface area (Å²) in [5.74, 6) is 1.27. The molecule has 27 heavy (non-hydrogen) atoms. The topological polar surface area (TPSA) is 76.1 Å². The Labute approximate surface area is 159 Å². The zero-order chi connectivity index (χ0) is 19.1. The molecule has 1 aromatic carbocycles. The number of furan rings is 1. The molecule has 0 atom stereocenters. The zero-order valence-corrected chi connectivity index (χ0v) is 15.3. The number of pyridine rings is 1. The van der Waals surface area contributed by atoms with Crippen molar-refractivity contribution in [3.63, 3.8) is 0 Å². The molecule has 6 nitrogen and oxygen atoms in total. The number of aryl methyl sites for hydroxylation is 2. The third kappa shape index (κ3) is 2.88. The normalized spacial score (nSPS) is 10.9. The fraction of sp³-hybridized carbons (Fsp3) is 0.100. The molecule has 0 amide bonds. The Hall–Kier alpha value is -3.43. The molecule has 0 radical (unpaired) electrons. The van der Waals surface area contributed by atoms with Gasteiger partial charge in [-0.2, -0.15) is 0 Å². The highest BCUT2D eigenvalue weighted by atomic mass is 35.5. The van der Waals surface area contributed by atoms with Crippen LogP contribution in [0.4, 0.5) is 5.69 Å². The van der Waals surface area contributed by atoms with E-state index in [-0.39, 0.29) is 10.9 Å². The van der Waals surface area contributed by atoms with Crippen LogP contribution in [-0.4, -0.2) is 15.0 Å². The lowest BCUT2D eigenvalue weighted by molar-refractivity contribution is 0.546. The van der Waals surface area contributed by atoms with E-state index in [1.54, 1.807) is 19.1 Å². The van der Waals surface area contributed by atoms with Crippen molar-refractivity contribution in [3.8, 4) is 22.7 Å². The molecule has 0 spiro atoms. The summed E-state index contributed by atoms with van der Waals surface area (Å²) in [6.45, 7) is 10.9. The number of hydrogen-bond acceptors (Lipinski definition) is 4. The van der Waals surface area contributed by atoms with Gasteiger partial charge in [-0.15, -0.1) is 0 Å². The van der Waals surface area contributed by atoms with Gasteiger partial charge in [0, 0.05) is 22.8 Å². The molecule has 0 saturated carbocycles. The first-order chi connectivity index (χ1) is 13.0. The predicted octanol–water partition coefficient (Wildman–Crippen LogP) is 5.07. The van der Waals surface area contributed by atoms with Crippen LogP contribution in [0.2, 0.25) is 5.02 Å². The van der Waals surface area contributed by atoms with Crippen molar-refractivity contribution in [3.05, 3.63) is 74.5 Å². The maximum atomic E-state index is 12.2. The van der Waals surface area contributed by atoms with Crippen LogP contribution < -0.4 is 5.43 Å². The quantitative estimate of drug-likeness (QED) is 0.496. The van der Waals surface area contributed by atoms with Crippen molar-refractivity contribution in [2.45, 2.75) is 13.8 Å². The van der Waals surface area contributed by atoms with Crippen molar-refractivity contribution in [1.82, 2.24) is 15.0 Å². The van der Waals surface area contributed by atoms with Crippen LogP contribution in [0.1, 0.15) is 11.3 Å². The van der Waals surface area contributed by atoms with Gasteiger partial charge in [-0.25, -0.2) is 14.8 Å². The molecule has 1 N–H and O–H groups in total. The van der Waals surface area contributed by atoms with E-state index in [9.17, 15) is 4.79 Å². The van der Waals surface area contributed by atoms with Crippen LogP contribution in [0.25, 0.3) is 38.7 Å². The van der Waals surface area contributed by atoms with Gasteiger partial charge in [0.2, 0.25) is 11.1 Å². The second-order valence-electron chi connectivity index (χ2n) is 6.11. The number of fused-ring (bicyclic) bond motifs is 1. The minimum absolute atomic E-state index is 0.225. The van der Waals surface area contributed by atoms with E-state index in [0.29, 0.717) is 39.1 Å². The smallest absolute Gasteiger partial charge is 0.209 e. The van der Waals surface area contributed by atoms with Crippen LogP contribution in [0, 0.1) is 20.4 Å². The van der Waals surface area contributed by atoms with Crippen LogP contribution in [0.15, 0.2) is 45.7 Å². The fourth-order valence-corrected chi connectivity index (χ4v) is 3.24. The van der Waals surface area contributed by atoms with Crippen molar-refractivity contribution in [2.75, 3.05) is 0 Å². The Kier molecular flexibility index (Phi) is 4.02. The second kappa shape index (κ2) is 6.38. The Morgan fingerprint density at radius 1 is 1.15 bits per heavy atom. The average molecular weight is 377 g/mol. The lowest BCUT2D eigenvalue weighted by atomic mass is 10.0. The van der Waals surface area contributed by atoms with E-state index in [1.807, 2.05) is 19.1 Å². The average Bonchev–Trinajstić information content (AvgIpc) is 3.07. The van der Waals surface area contributed by atoms with Crippen LogP contribution in [0.5, 0.6) is 0 Å². The summed E-state index contributed by atoms with van der Waals surface area (Å²) in [7, 11) is 0. The summed E-state index contributed by atoms with van der Waals surface area (Å²) in [6, 6.07) is 8.51. The van der Waals surface area contributed by atoms with E-state index < -0.39 is 0 Å². The highest BCUT2D eigenvalue weighted by Crippen LogP contribution is 2.37. The van der Waals surface area contributed by atoms with Crippen molar-refractivity contribution in [1.29, 1.82) is 0 Å². The molecule has 0 unspecified atom stereocenters. The van der Waals surface area contributed by atoms with Crippen molar-refractivity contribution < 1.29 is 4.42 Å². The van der Waals surface area contributed by atoms with Gasteiger partial charge in [0.25, 0.3) is 0 Å². The summed E-state index contributed by atoms with van der Waals surface area (Å²) in [5.41, 5.74) is 3.09. The molecule has 0 aliphatic heterocycles. The standard InChI is InChI=1S/C20H13ClN4O2/c1-10-8-12(9-13(21)16(10)22-3)17-19(15-5-4-11(2)27-15)25-20-18(24-17)14(26)6-7-23-20/h4-9H,1-2H3,(H,23,25,26). The predicted molar refractivity (Wildman–Crippen MR) is 104 cm³/mol.